The van der Waals surface area contributed by atoms with Crippen molar-refractivity contribution < 1.29 is 4.79 Å². The number of nitrogens with one attached hydrogen (secondary N) is 1. The van der Waals surface area contributed by atoms with Gasteiger partial charge in [0.2, 0.25) is 0 Å². The second-order valence-corrected chi connectivity index (χ2v) is 6.48. The van der Waals surface area contributed by atoms with Gasteiger partial charge in [0, 0.05) is 12.6 Å². The molecule has 1 aliphatic carbocycles. The number of rotatable bonds is 4. The van der Waals surface area contributed by atoms with Gasteiger partial charge in [-0.1, -0.05) is 18.1 Å². The lowest BCUT2D eigenvalue weighted by atomic mass is 10.1. The Bertz CT molecular complexity index is 521. The Morgan fingerprint density at radius 2 is 1.91 bits per heavy atom. The highest BCUT2D eigenvalue weighted by molar-refractivity contribution is 5.93. The van der Waals surface area contributed by atoms with Crippen LogP contribution in [-0.4, -0.2) is 51.5 Å². The largest absolute Gasteiger partial charge is 0.334 e. The fraction of sp³-hybridized carbons (Fsp3) is 0.812. The molecule has 1 amide bonds. The molecule has 0 radical (unpaired) electrons. The lowest BCUT2D eigenvalue weighted by molar-refractivity contribution is 0.0686. The maximum atomic E-state index is 12.9. The maximum Gasteiger partial charge on any atom is 0.276 e. The monoisotopic (exact) mass is 341 g/mol. The van der Waals surface area contributed by atoms with E-state index < -0.39 is 0 Å². The number of aromatic nitrogens is 3. The van der Waals surface area contributed by atoms with Crippen LogP contribution in [0.4, 0.5) is 0 Å². The van der Waals surface area contributed by atoms with Crippen molar-refractivity contribution in [3.63, 3.8) is 0 Å². The Morgan fingerprint density at radius 1 is 1.26 bits per heavy atom. The molecule has 0 bridgehead atoms. The molecular formula is C16H28ClN5O. The Labute approximate surface area is 144 Å². The number of carbonyl (C=O) groups is 1. The molecule has 1 aromatic rings. The maximum absolute atomic E-state index is 12.9. The van der Waals surface area contributed by atoms with Crippen molar-refractivity contribution in [2.24, 2.45) is 0 Å². The van der Waals surface area contributed by atoms with Gasteiger partial charge < -0.3 is 10.2 Å². The number of piperidine rings is 1. The summed E-state index contributed by atoms with van der Waals surface area (Å²) in [5.41, 5.74) is 1.47. The first-order chi connectivity index (χ1) is 10.7. The van der Waals surface area contributed by atoms with Crippen molar-refractivity contribution in [3.8, 4) is 0 Å². The highest BCUT2D eigenvalue weighted by Crippen LogP contribution is 2.26. The molecule has 6 nitrogen and oxygen atoms in total. The predicted octanol–water partition coefficient (Wildman–Crippen LogP) is 2.34. The molecular weight excluding hydrogens is 314 g/mol. The van der Waals surface area contributed by atoms with Gasteiger partial charge in [-0.15, -0.1) is 17.5 Å². The van der Waals surface area contributed by atoms with Crippen LogP contribution in [0.15, 0.2) is 0 Å². The van der Waals surface area contributed by atoms with E-state index >= 15 is 0 Å². The van der Waals surface area contributed by atoms with Crippen molar-refractivity contribution in [2.45, 2.75) is 64.5 Å². The van der Waals surface area contributed by atoms with Crippen molar-refractivity contribution in [1.82, 2.24) is 25.2 Å². The lowest BCUT2D eigenvalue weighted by Gasteiger charge is -2.27. The van der Waals surface area contributed by atoms with Crippen LogP contribution in [0.2, 0.25) is 0 Å². The molecule has 130 valence electrons. The van der Waals surface area contributed by atoms with Crippen molar-refractivity contribution in [3.05, 3.63) is 11.4 Å². The van der Waals surface area contributed by atoms with E-state index in [1.165, 1.54) is 12.8 Å². The molecule has 0 aromatic carbocycles. The molecule has 2 aliphatic rings. The number of halogens is 1. The second kappa shape index (κ2) is 8.11. The summed E-state index contributed by atoms with van der Waals surface area (Å²) in [6, 6.07) is 0.762. The Hall–Kier alpha value is -1.14. The van der Waals surface area contributed by atoms with Gasteiger partial charge in [-0.2, -0.15) is 0 Å². The van der Waals surface area contributed by atoms with E-state index in [9.17, 15) is 4.79 Å². The highest BCUT2D eigenvalue weighted by Gasteiger charge is 2.30. The van der Waals surface area contributed by atoms with Crippen LogP contribution < -0.4 is 5.32 Å². The first-order valence-electron chi connectivity index (χ1n) is 8.65. The van der Waals surface area contributed by atoms with E-state index in [2.05, 4.69) is 22.6 Å². The zero-order valence-corrected chi connectivity index (χ0v) is 14.9. The minimum absolute atomic E-state index is 0. The summed E-state index contributed by atoms with van der Waals surface area (Å²) < 4.78 is 1.97. The van der Waals surface area contributed by atoms with Gasteiger partial charge in [0.05, 0.1) is 11.7 Å². The summed E-state index contributed by atoms with van der Waals surface area (Å²) in [5, 5.41) is 11.9. The topological polar surface area (TPSA) is 63.1 Å². The Kier molecular flexibility index (Phi) is 6.41. The van der Waals surface area contributed by atoms with Gasteiger partial charge in [0.15, 0.2) is 5.69 Å². The minimum Gasteiger partial charge on any atom is -0.334 e. The number of nitrogens with zero attached hydrogens (tertiary/aromatic N) is 4. The van der Waals surface area contributed by atoms with E-state index in [1.807, 2.05) is 16.5 Å². The van der Waals surface area contributed by atoms with Gasteiger partial charge in [-0.05, 0) is 52.6 Å². The van der Waals surface area contributed by atoms with Crippen LogP contribution in [0, 0.1) is 6.92 Å². The summed E-state index contributed by atoms with van der Waals surface area (Å²) in [6.07, 6.45) is 6.82. The molecule has 7 heteroatoms. The van der Waals surface area contributed by atoms with Crippen LogP contribution >= 0.6 is 12.4 Å². The number of amides is 1. The van der Waals surface area contributed by atoms with Crippen LogP contribution in [0.5, 0.6) is 0 Å². The quantitative estimate of drug-likeness (QED) is 0.913. The van der Waals surface area contributed by atoms with Crippen LogP contribution in [0.1, 0.15) is 67.7 Å². The number of hydrogen-bond acceptors (Lipinski definition) is 4. The number of hydrogen-bond donors (Lipinski definition) is 1. The summed E-state index contributed by atoms with van der Waals surface area (Å²) in [4.78, 5) is 14.9. The summed E-state index contributed by atoms with van der Waals surface area (Å²) in [6.45, 7) is 6.82. The van der Waals surface area contributed by atoms with Crippen molar-refractivity contribution >= 4 is 18.3 Å². The van der Waals surface area contributed by atoms with E-state index in [0.29, 0.717) is 17.8 Å². The normalized spacial score (nSPS) is 19.6. The molecule has 0 spiro atoms. The fourth-order valence-electron chi connectivity index (χ4n) is 3.86. The van der Waals surface area contributed by atoms with Gasteiger partial charge in [-0.3, -0.25) is 4.79 Å². The third-order valence-corrected chi connectivity index (χ3v) is 5.15. The smallest absolute Gasteiger partial charge is 0.276 e. The van der Waals surface area contributed by atoms with Crippen molar-refractivity contribution in [2.75, 3.05) is 19.6 Å². The molecule has 1 aliphatic heterocycles. The van der Waals surface area contributed by atoms with E-state index in [-0.39, 0.29) is 18.3 Å². The first-order valence-corrected chi connectivity index (χ1v) is 8.65. The molecule has 1 N–H and O–H groups in total. The summed E-state index contributed by atoms with van der Waals surface area (Å²) in [5.74, 6) is 0.0621. The third kappa shape index (κ3) is 3.69. The van der Waals surface area contributed by atoms with Crippen molar-refractivity contribution in [1.29, 1.82) is 0 Å². The average Bonchev–Trinajstić information content (AvgIpc) is 3.19. The lowest BCUT2D eigenvalue weighted by Crippen LogP contribution is -2.39. The van der Waals surface area contributed by atoms with Crippen LogP contribution in [0.3, 0.4) is 0 Å². The minimum atomic E-state index is 0. The average molecular weight is 342 g/mol. The Morgan fingerprint density at radius 3 is 2.52 bits per heavy atom. The molecule has 1 saturated carbocycles. The van der Waals surface area contributed by atoms with E-state index in [0.717, 1.165) is 51.0 Å². The van der Waals surface area contributed by atoms with Gasteiger partial charge in [-0.25, -0.2) is 4.68 Å². The fourth-order valence-corrected chi connectivity index (χ4v) is 3.86. The molecule has 0 unspecified atom stereocenters. The van der Waals surface area contributed by atoms with Crippen LogP contribution in [0.25, 0.3) is 0 Å². The molecule has 2 fully saturated rings. The molecule has 0 atom stereocenters. The van der Waals surface area contributed by atoms with Gasteiger partial charge in [0.25, 0.3) is 5.91 Å². The zero-order valence-electron chi connectivity index (χ0n) is 14.1. The number of carbonyl (C=O) groups excluding carboxylic acids is 1. The standard InChI is InChI=1S/C16H27N5O.ClH/c1-3-20(13-6-4-5-7-13)16(22)15-12(2)21(19-18-15)14-8-10-17-11-9-14;/h13-14,17H,3-11H2,1-2H3;1H. The third-order valence-electron chi connectivity index (χ3n) is 5.15. The highest BCUT2D eigenvalue weighted by atomic mass is 35.5. The molecule has 23 heavy (non-hydrogen) atoms. The van der Waals surface area contributed by atoms with Gasteiger partial charge >= 0.3 is 0 Å². The van der Waals surface area contributed by atoms with E-state index in [4.69, 9.17) is 0 Å². The first kappa shape index (κ1) is 18.2. The SMILES string of the molecule is CCN(C(=O)c1nnn(C2CCNCC2)c1C)C1CCCC1.Cl. The van der Waals surface area contributed by atoms with Gasteiger partial charge in [0.1, 0.15) is 0 Å². The molecule has 1 saturated heterocycles. The molecule has 2 heterocycles. The second-order valence-electron chi connectivity index (χ2n) is 6.48. The molecule has 3 rings (SSSR count). The summed E-state index contributed by atoms with van der Waals surface area (Å²) >= 11 is 0. The van der Waals surface area contributed by atoms with Crippen LogP contribution in [-0.2, 0) is 0 Å². The zero-order chi connectivity index (χ0) is 15.5. The molecule has 1 aromatic heterocycles. The predicted molar refractivity (Wildman–Crippen MR) is 92.1 cm³/mol. The summed E-state index contributed by atoms with van der Waals surface area (Å²) in [7, 11) is 0. The Balaban J connectivity index is 0.00000192. The van der Waals surface area contributed by atoms with E-state index in [1.54, 1.807) is 0 Å².